The fraction of sp³-hybridized carbons (Fsp3) is 0.560. The molecule has 0 saturated carbocycles. The van der Waals surface area contributed by atoms with Crippen LogP contribution < -0.4 is 27.4 Å². The molecule has 1 aromatic carbocycles. The van der Waals surface area contributed by atoms with E-state index in [4.69, 9.17) is 11.5 Å². The highest BCUT2D eigenvalue weighted by Crippen LogP contribution is 2.12. The zero-order valence-electron chi connectivity index (χ0n) is 21.3. The molecule has 200 valence electrons. The summed E-state index contributed by atoms with van der Waals surface area (Å²) in [4.78, 5) is 62.1. The summed E-state index contributed by atoms with van der Waals surface area (Å²) in [5.41, 5.74) is 12.0. The lowest BCUT2D eigenvalue weighted by atomic mass is 9.95. The number of rotatable bonds is 15. The molecule has 11 heteroatoms. The van der Waals surface area contributed by atoms with E-state index in [9.17, 15) is 29.1 Å². The molecule has 0 bridgehead atoms. The molecule has 1 rings (SSSR count). The zero-order valence-corrected chi connectivity index (χ0v) is 21.3. The van der Waals surface area contributed by atoms with Crippen LogP contribution in [0.1, 0.15) is 52.5 Å². The number of carboxylic acids is 1. The largest absolute Gasteiger partial charge is 0.480 e. The van der Waals surface area contributed by atoms with E-state index in [1.807, 2.05) is 20.8 Å². The molecular formula is C25H39N5O6. The Morgan fingerprint density at radius 2 is 1.39 bits per heavy atom. The van der Waals surface area contributed by atoms with Gasteiger partial charge in [0.15, 0.2) is 0 Å². The standard InChI is InChI=1S/C25H39N5O6/c1-5-14(3)20(27)23(33)30-21(15(4)6-2)24(34)28-17(13-19(26)31)22(32)29-18(25(35)36)12-16-10-8-7-9-11-16/h7-11,14-15,17-18,20-21H,5-6,12-13,27H2,1-4H3,(H2,26,31)(H,28,34)(H,29,32)(H,30,33)(H,35,36). The van der Waals surface area contributed by atoms with E-state index < -0.39 is 60.2 Å². The Morgan fingerprint density at radius 1 is 0.833 bits per heavy atom. The summed E-state index contributed by atoms with van der Waals surface area (Å²) < 4.78 is 0. The van der Waals surface area contributed by atoms with Crippen molar-refractivity contribution >= 4 is 29.6 Å². The zero-order chi connectivity index (χ0) is 27.4. The molecule has 0 aliphatic rings. The highest BCUT2D eigenvalue weighted by Gasteiger charge is 2.33. The lowest BCUT2D eigenvalue weighted by Crippen LogP contribution is -2.59. The minimum atomic E-state index is -1.43. The molecule has 0 radical (unpaired) electrons. The monoisotopic (exact) mass is 505 g/mol. The second kappa shape index (κ2) is 14.8. The number of amides is 4. The summed E-state index contributed by atoms with van der Waals surface area (Å²) in [5.74, 6) is -4.67. The van der Waals surface area contributed by atoms with E-state index in [0.29, 0.717) is 18.4 Å². The average Bonchev–Trinajstić information content (AvgIpc) is 2.84. The van der Waals surface area contributed by atoms with Gasteiger partial charge in [0, 0.05) is 6.42 Å². The van der Waals surface area contributed by atoms with Crippen LogP contribution in [0, 0.1) is 11.8 Å². The van der Waals surface area contributed by atoms with Crippen LogP contribution in [0.25, 0.3) is 0 Å². The molecule has 8 N–H and O–H groups in total. The highest BCUT2D eigenvalue weighted by molar-refractivity contribution is 5.96. The first-order chi connectivity index (χ1) is 16.9. The quantitative estimate of drug-likeness (QED) is 0.194. The molecular weight excluding hydrogens is 466 g/mol. The van der Waals surface area contributed by atoms with Gasteiger partial charge in [0.25, 0.3) is 0 Å². The molecule has 0 spiro atoms. The van der Waals surface area contributed by atoms with Crippen molar-refractivity contribution in [3.8, 4) is 0 Å². The number of primary amides is 1. The Balaban J connectivity index is 3.05. The fourth-order valence-electron chi connectivity index (χ4n) is 3.46. The Hall–Kier alpha value is -3.47. The minimum Gasteiger partial charge on any atom is -0.480 e. The minimum absolute atomic E-state index is 0.00178. The number of nitrogens with two attached hydrogens (primary N) is 2. The summed E-state index contributed by atoms with van der Waals surface area (Å²) in [5, 5.41) is 17.1. The van der Waals surface area contributed by atoms with Crippen molar-refractivity contribution in [2.24, 2.45) is 23.3 Å². The van der Waals surface area contributed by atoms with Gasteiger partial charge in [0.1, 0.15) is 18.1 Å². The van der Waals surface area contributed by atoms with Crippen LogP contribution in [0.2, 0.25) is 0 Å². The van der Waals surface area contributed by atoms with Crippen LogP contribution in [0.3, 0.4) is 0 Å². The van der Waals surface area contributed by atoms with Gasteiger partial charge in [-0.15, -0.1) is 0 Å². The first-order valence-electron chi connectivity index (χ1n) is 12.1. The molecule has 4 amide bonds. The number of aliphatic carboxylic acids is 1. The molecule has 0 aliphatic heterocycles. The Kier molecular flexibility index (Phi) is 12.6. The molecule has 36 heavy (non-hydrogen) atoms. The van der Waals surface area contributed by atoms with Crippen LogP contribution in [-0.2, 0) is 30.4 Å². The Morgan fingerprint density at radius 3 is 1.89 bits per heavy atom. The smallest absolute Gasteiger partial charge is 0.326 e. The number of hydrogen-bond donors (Lipinski definition) is 6. The average molecular weight is 506 g/mol. The van der Waals surface area contributed by atoms with Gasteiger partial charge in [-0.1, -0.05) is 70.9 Å². The van der Waals surface area contributed by atoms with Gasteiger partial charge in [0.05, 0.1) is 12.5 Å². The van der Waals surface area contributed by atoms with Crippen molar-refractivity contribution in [3.05, 3.63) is 35.9 Å². The van der Waals surface area contributed by atoms with Gasteiger partial charge in [0.2, 0.25) is 23.6 Å². The summed E-state index contributed by atoms with van der Waals surface area (Å²) in [6.45, 7) is 7.30. The van der Waals surface area contributed by atoms with E-state index in [1.165, 1.54) is 0 Å². The summed E-state index contributed by atoms with van der Waals surface area (Å²) in [6.07, 6.45) is 0.645. The van der Waals surface area contributed by atoms with E-state index in [0.717, 1.165) is 0 Å². The molecule has 0 saturated heterocycles. The van der Waals surface area contributed by atoms with E-state index in [2.05, 4.69) is 16.0 Å². The maximum atomic E-state index is 13.1. The third-order valence-electron chi connectivity index (χ3n) is 6.29. The number of nitrogens with one attached hydrogen (secondary N) is 3. The SMILES string of the molecule is CCC(C)C(N)C(=O)NC(C(=O)NC(CC(N)=O)C(=O)NC(Cc1ccccc1)C(=O)O)C(C)CC. The van der Waals surface area contributed by atoms with E-state index in [-0.39, 0.29) is 18.3 Å². The second-order valence-corrected chi connectivity index (χ2v) is 9.10. The number of carboxylic acid groups (broad SMARTS) is 1. The molecule has 6 unspecified atom stereocenters. The third kappa shape index (κ3) is 9.65. The van der Waals surface area contributed by atoms with E-state index in [1.54, 1.807) is 37.3 Å². The second-order valence-electron chi connectivity index (χ2n) is 9.10. The van der Waals surface area contributed by atoms with Gasteiger partial charge in [-0.25, -0.2) is 4.79 Å². The van der Waals surface area contributed by atoms with Crippen LogP contribution in [0.4, 0.5) is 0 Å². The van der Waals surface area contributed by atoms with Crippen LogP contribution >= 0.6 is 0 Å². The molecule has 0 aromatic heterocycles. The van der Waals surface area contributed by atoms with Gasteiger partial charge >= 0.3 is 5.97 Å². The van der Waals surface area contributed by atoms with E-state index >= 15 is 0 Å². The topological polar surface area (TPSA) is 194 Å². The predicted octanol–water partition coefficient (Wildman–Crippen LogP) is 0.0630. The normalized spacial score (nSPS) is 15.9. The van der Waals surface area contributed by atoms with Crippen molar-refractivity contribution in [3.63, 3.8) is 0 Å². The molecule has 1 aromatic rings. The van der Waals surface area contributed by atoms with Crippen molar-refractivity contribution in [2.45, 2.75) is 77.5 Å². The predicted molar refractivity (Wildman–Crippen MR) is 134 cm³/mol. The summed E-state index contributed by atoms with van der Waals surface area (Å²) in [7, 11) is 0. The fourth-order valence-corrected chi connectivity index (χ4v) is 3.46. The van der Waals surface area contributed by atoms with Crippen LogP contribution in [0.5, 0.6) is 0 Å². The Bertz CT molecular complexity index is 909. The Labute approximate surface area is 211 Å². The van der Waals surface area contributed by atoms with Crippen LogP contribution in [-0.4, -0.2) is 58.9 Å². The lowest BCUT2D eigenvalue weighted by Gasteiger charge is -2.28. The first kappa shape index (κ1) is 30.6. The van der Waals surface area contributed by atoms with Gasteiger partial charge < -0.3 is 32.5 Å². The molecule has 6 atom stereocenters. The number of hydrogen-bond acceptors (Lipinski definition) is 6. The van der Waals surface area contributed by atoms with Crippen molar-refractivity contribution in [2.75, 3.05) is 0 Å². The summed E-state index contributed by atoms with van der Waals surface area (Å²) in [6, 6.07) is 4.10. The third-order valence-corrected chi connectivity index (χ3v) is 6.29. The molecule has 11 nitrogen and oxygen atoms in total. The molecule has 0 heterocycles. The van der Waals surface area contributed by atoms with Crippen LogP contribution in [0.15, 0.2) is 30.3 Å². The van der Waals surface area contributed by atoms with Gasteiger partial charge in [-0.3, -0.25) is 19.2 Å². The van der Waals surface area contributed by atoms with Crippen molar-refractivity contribution in [1.82, 2.24) is 16.0 Å². The van der Waals surface area contributed by atoms with Gasteiger partial charge in [-0.2, -0.15) is 0 Å². The maximum Gasteiger partial charge on any atom is 0.326 e. The number of carbonyl (C=O) groups excluding carboxylic acids is 4. The molecule has 0 aliphatic carbocycles. The highest BCUT2D eigenvalue weighted by atomic mass is 16.4. The van der Waals surface area contributed by atoms with Crippen molar-refractivity contribution < 1.29 is 29.1 Å². The summed E-state index contributed by atoms with van der Waals surface area (Å²) >= 11 is 0. The molecule has 0 fully saturated rings. The number of carbonyl (C=O) groups is 5. The van der Waals surface area contributed by atoms with Crippen molar-refractivity contribution in [1.29, 1.82) is 0 Å². The van der Waals surface area contributed by atoms with Gasteiger partial charge in [-0.05, 0) is 17.4 Å². The first-order valence-corrected chi connectivity index (χ1v) is 12.1. The lowest BCUT2D eigenvalue weighted by molar-refractivity contribution is -0.142. The maximum absolute atomic E-state index is 13.1. The number of benzene rings is 1.